The molecule has 0 heterocycles. The van der Waals surface area contributed by atoms with Gasteiger partial charge in [-0.15, -0.1) is 0 Å². The lowest BCUT2D eigenvalue weighted by Crippen LogP contribution is -2.31. The quantitative estimate of drug-likeness (QED) is 0.611. The van der Waals surface area contributed by atoms with Gasteiger partial charge in [0, 0.05) is 5.56 Å². The van der Waals surface area contributed by atoms with Gasteiger partial charge in [0.25, 0.3) is 10.0 Å². The van der Waals surface area contributed by atoms with Crippen LogP contribution >= 0.6 is 0 Å². The van der Waals surface area contributed by atoms with Gasteiger partial charge in [0.15, 0.2) is 0 Å². The normalized spacial score (nSPS) is 11.4. The van der Waals surface area contributed by atoms with Crippen LogP contribution in [0.25, 0.3) is 0 Å². The molecule has 0 atom stereocenters. The summed E-state index contributed by atoms with van der Waals surface area (Å²) in [7, 11) is -3.85. The summed E-state index contributed by atoms with van der Waals surface area (Å²) in [4.78, 5) is 0.183. The summed E-state index contributed by atoms with van der Waals surface area (Å²) in [5, 5.41) is 0. The molecule has 0 saturated heterocycles. The van der Waals surface area contributed by atoms with Gasteiger partial charge in [0.2, 0.25) is 0 Å². The second-order valence-electron chi connectivity index (χ2n) is 6.68. The highest BCUT2D eigenvalue weighted by Crippen LogP contribution is 2.28. The number of rotatable bonds is 5. The molecule has 0 aliphatic rings. The summed E-state index contributed by atoms with van der Waals surface area (Å²) in [6.07, 6.45) is 0. The molecule has 0 aliphatic heterocycles. The number of halogens is 1. The van der Waals surface area contributed by atoms with Crippen LogP contribution < -0.4 is 4.31 Å². The smallest absolute Gasteiger partial charge is 0.262 e. The van der Waals surface area contributed by atoms with Gasteiger partial charge in [-0.05, 0) is 62.2 Å². The summed E-state index contributed by atoms with van der Waals surface area (Å²) < 4.78 is 42.2. The molecule has 0 spiro atoms. The van der Waals surface area contributed by atoms with E-state index in [-0.39, 0.29) is 11.4 Å². The molecule has 0 unspecified atom stereocenters. The highest BCUT2D eigenvalue weighted by molar-refractivity contribution is 7.92. The van der Waals surface area contributed by atoms with Crippen LogP contribution in [0.3, 0.4) is 0 Å². The lowest BCUT2D eigenvalue weighted by atomic mass is 10.1. The number of anilines is 1. The molecule has 0 saturated carbocycles. The fourth-order valence-corrected chi connectivity index (χ4v) is 4.25. The number of benzene rings is 3. The van der Waals surface area contributed by atoms with Gasteiger partial charge in [0.05, 0.1) is 17.1 Å². The van der Waals surface area contributed by atoms with E-state index >= 15 is 0 Å². The number of aryl methyl sites for hydroxylation is 3. The molecule has 3 aromatic rings. The van der Waals surface area contributed by atoms with Crippen molar-refractivity contribution in [3.63, 3.8) is 0 Å². The average molecular weight is 383 g/mol. The Hall–Kier alpha value is -2.66. The second-order valence-corrected chi connectivity index (χ2v) is 8.55. The molecule has 0 fully saturated rings. The molecule has 3 rings (SSSR count). The summed E-state index contributed by atoms with van der Waals surface area (Å²) in [5.74, 6) is -0.426. The van der Waals surface area contributed by atoms with Crippen molar-refractivity contribution in [1.82, 2.24) is 0 Å². The third-order valence-electron chi connectivity index (χ3n) is 4.66. The van der Waals surface area contributed by atoms with Crippen LogP contribution in [0.2, 0.25) is 0 Å². The van der Waals surface area contributed by atoms with Crippen molar-refractivity contribution in [2.24, 2.45) is 0 Å². The van der Waals surface area contributed by atoms with Gasteiger partial charge in [-0.3, -0.25) is 4.31 Å². The summed E-state index contributed by atoms with van der Waals surface area (Å²) in [5.41, 5.74) is 3.86. The number of hydrogen-bond donors (Lipinski definition) is 0. The van der Waals surface area contributed by atoms with Gasteiger partial charge >= 0.3 is 0 Å². The molecule has 27 heavy (non-hydrogen) atoms. The van der Waals surface area contributed by atoms with Gasteiger partial charge < -0.3 is 0 Å². The Labute approximate surface area is 160 Å². The molecule has 5 heteroatoms. The van der Waals surface area contributed by atoms with E-state index in [1.807, 2.05) is 32.9 Å². The molecular weight excluding hydrogens is 361 g/mol. The SMILES string of the molecule is Cc1ccc(S(=O)(=O)N(Cc2ccccc2F)c2ccc(C)c(C)c2)cc1. The van der Waals surface area contributed by atoms with Crippen LogP contribution in [0.4, 0.5) is 10.1 Å². The van der Waals surface area contributed by atoms with Gasteiger partial charge in [-0.2, -0.15) is 0 Å². The van der Waals surface area contributed by atoms with Crippen molar-refractivity contribution in [3.05, 3.63) is 94.8 Å². The van der Waals surface area contributed by atoms with E-state index in [1.54, 1.807) is 48.5 Å². The highest BCUT2D eigenvalue weighted by Gasteiger charge is 2.26. The van der Waals surface area contributed by atoms with Gasteiger partial charge in [0.1, 0.15) is 5.82 Å². The molecule has 140 valence electrons. The Morgan fingerprint density at radius 1 is 0.852 bits per heavy atom. The van der Waals surface area contributed by atoms with Crippen molar-refractivity contribution >= 4 is 15.7 Å². The first kappa shape index (κ1) is 19.1. The van der Waals surface area contributed by atoms with Crippen molar-refractivity contribution in [2.75, 3.05) is 4.31 Å². The average Bonchev–Trinajstić information content (AvgIpc) is 2.64. The van der Waals surface area contributed by atoms with E-state index in [9.17, 15) is 12.8 Å². The van der Waals surface area contributed by atoms with Crippen molar-refractivity contribution in [3.8, 4) is 0 Å². The summed E-state index contributed by atoms with van der Waals surface area (Å²) in [6.45, 7) is 5.72. The number of hydrogen-bond acceptors (Lipinski definition) is 2. The predicted octanol–water partition coefficient (Wildman–Crippen LogP) is 5.15. The first-order chi connectivity index (χ1) is 12.8. The van der Waals surface area contributed by atoms with Crippen LogP contribution in [-0.2, 0) is 16.6 Å². The summed E-state index contributed by atoms with van der Waals surface area (Å²) >= 11 is 0. The van der Waals surface area contributed by atoms with Crippen LogP contribution in [0.15, 0.2) is 71.6 Å². The zero-order chi connectivity index (χ0) is 19.6. The van der Waals surface area contributed by atoms with Crippen LogP contribution in [0, 0.1) is 26.6 Å². The molecule has 0 N–H and O–H groups in total. The zero-order valence-electron chi connectivity index (χ0n) is 15.6. The van der Waals surface area contributed by atoms with Crippen molar-refractivity contribution in [1.29, 1.82) is 0 Å². The van der Waals surface area contributed by atoms with E-state index in [2.05, 4.69) is 0 Å². The molecule has 0 aromatic heterocycles. The molecule has 0 aliphatic carbocycles. The van der Waals surface area contributed by atoms with E-state index in [1.165, 1.54) is 10.4 Å². The number of nitrogens with zero attached hydrogens (tertiary/aromatic N) is 1. The molecule has 0 bridgehead atoms. The minimum atomic E-state index is -3.85. The fourth-order valence-electron chi connectivity index (χ4n) is 2.81. The van der Waals surface area contributed by atoms with Crippen LogP contribution in [-0.4, -0.2) is 8.42 Å². The Bertz CT molecular complexity index is 1060. The lowest BCUT2D eigenvalue weighted by Gasteiger charge is -2.25. The Morgan fingerprint density at radius 2 is 1.52 bits per heavy atom. The van der Waals surface area contributed by atoms with E-state index in [0.29, 0.717) is 11.3 Å². The maximum Gasteiger partial charge on any atom is 0.264 e. The third-order valence-corrected chi connectivity index (χ3v) is 6.45. The second kappa shape index (κ2) is 7.53. The van der Waals surface area contributed by atoms with Crippen LogP contribution in [0.5, 0.6) is 0 Å². The van der Waals surface area contributed by atoms with Crippen LogP contribution in [0.1, 0.15) is 22.3 Å². The molecular formula is C22H22FNO2S. The predicted molar refractivity (Wildman–Crippen MR) is 107 cm³/mol. The standard InChI is InChI=1S/C22H22FNO2S/c1-16-8-12-21(13-9-16)27(25,26)24(15-19-6-4-5-7-22(19)23)20-11-10-17(2)18(3)14-20/h4-14H,15H2,1-3H3. The summed E-state index contributed by atoms with van der Waals surface area (Å²) in [6, 6.07) is 18.4. The topological polar surface area (TPSA) is 37.4 Å². The van der Waals surface area contributed by atoms with E-state index < -0.39 is 15.8 Å². The first-order valence-corrected chi connectivity index (χ1v) is 10.1. The molecule has 3 nitrogen and oxygen atoms in total. The Balaban J connectivity index is 2.12. The molecule has 0 radical (unpaired) electrons. The maximum atomic E-state index is 14.2. The van der Waals surface area contributed by atoms with Gasteiger partial charge in [-0.1, -0.05) is 42.0 Å². The van der Waals surface area contributed by atoms with Crippen molar-refractivity contribution in [2.45, 2.75) is 32.2 Å². The first-order valence-electron chi connectivity index (χ1n) is 8.69. The van der Waals surface area contributed by atoms with Crippen molar-refractivity contribution < 1.29 is 12.8 Å². The highest BCUT2D eigenvalue weighted by atomic mass is 32.2. The lowest BCUT2D eigenvalue weighted by molar-refractivity contribution is 0.585. The Morgan fingerprint density at radius 3 is 2.15 bits per heavy atom. The monoisotopic (exact) mass is 383 g/mol. The largest absolute Gasteiger partial charge is 0.264 e. The zero-order valence-corrected chi connectivity index (χ0v) is 16.4. The third kappa shape index (κ3) is 4.03. The van der Waals surface area contributed by atoms with E-state index in [0.717, 1.165) is 16.7 Å². The molecule has 3 aromatic carbocycles. The number of sulfonamides is 1. The minimum Gasteiger partial charge on any atom is -0.262 e. The Kier molecular flexibility index (Phi) is 5.33. The minimum absolute atomic E-state index is 0.0780. The van der Waals surface area contributed by atoms with Gasteiger partial charge in [-0.25, -0.2) is 12.8 Å². The van der Waals surface area contributed by atoms with E-state index in [4.69, 9.17) is 0 Å². The fraction of sp³-hybridized carbons (Fsp3) is 0.182. The maximum absolute atomic E-state index is 14.2. The molecule has 0 amide bonds.